The summed E-state index contributed by atoms with van der Waals surface area (Å²) in [5.41, 5.74) is 2.95. The van der Waals surface area contributed by atoms with Gasteiger partial charge in [-0.1, -0.05) is 12.1 Å². The fourth-order valence-corrected chi connectivity index (χ4v) is 2.69. The molecule has 6 heteroatoms. The average molecular weight is 335 g/mol. The second kappa shape index (κ2) is 5.98. The summed E-state index contributed by atoms with van der Waals surface area (Å²) in [6, 6.07) is 13.6. The number of fused-ring (bicyclic) bond motifs is 1. The summed E-state index contributed by atoms with van der Waals surface area (Å²) in [7, 11) is 1.62. The van der Waals surface area contributed by atoms with E-state index in [1.807, 2.05) is 31.2 Å². The SMILES string of the molecule is COc1cccc2cc(-c3nnc(-c4ccc(F)cc4)o3)c(C)nc12. The van der Waals surface area contributed by atoms with Gasteiger partial charge in [-0.2, -0.15) is 0 Å². The van der Waals surface area contributed by atoms with E-state index in [1.165, 1.54) is 12.1 Å². The van der Waals surface area contributed by atoms with Crippen LogP contribution in [0.1, 0.15) is 5.69 Å². The summed E-state index contributed by atoms with van der Waals surface area (Å²) >= 11 is 0. The van der Waals surface area contributed by atoms with Crippen molar-refractivity contribution in [3.05, 3.63) is 60.0 Å². The zero-order valence-corrected chi connectivity index (χ0v) is 13.7. The zero-order valence-electron chi connectivity index (χ0n) is 13.7. The van der Waals surface area contributed by atoms with Gasteiger partial charge in [0.15, 0.2) is 0 Å². The Morgan fingerprint density at radius 1 is 1.00 bits per heavy atom. The average Bonchev–Trinajstić information content (AvgIpc) is 3.11. The Morgan fingerprint density at radius 2 is 1.76 bits per heavy atom. The number of aryl methyl sites for hydroxylation is 1. The number of halogens is 1. The fourth-order valence-electron chi connectivity index (χ4n) is 2.69. The van der Waals surface area contributed by atoms with Crippen LogP contribution < -0.4 is 4.74 Å². The molecule has 0 N–H and O–H groups in total. The van der Waals surface area contributed by atoms with Crippen molar-refractivity contribution in [2.45, 2.75) is 6.92 Å². The molecule has 0 aliphatic rings. The Labute approximate surface area is 143 Å². The molecule has 4 rings (SSSR count). The molecule has 4 aromatic rings. The Balaban J connectivity index is 1.80. The van der Waals surface area contributed by atoms with Gasteiger partial charge in [0.2, 0.25) is 11.8 Å². The third-order valence-electron chi connectivity index (χ3n) is 3.97. The van der Waals surface area contributed by atoms with Gasteiger partial charge in [0.1, 0.15) is 17.1 Å². The molecule has 2 aromatic carbocycles. The molecule has 0 aliphatic heterocycles. The van der Waals surface area contributed by atoms with Gasteiger partial charge < -0.3 is 9.15 Å². The maximum Gasteiger partial charge on any atom is 0.250 e. The number of hydrogen-bond donors (Lipinski definition) is 0. The van der Waals surface area contributed by atoms with E-state index in [1.54, 1.807) is 19.2 Å². The minimum atomic E-state index is -0.313. The largest absolute Gasteiger partial charge is 0.494 e. The van der Waals surface area contributed by atoms with Crippen LogP contribution in [-0.2, 0) is 0 Å². The first-order valence-corrected chi connectivity index (χ1v) is 7.70. The van der Waals surface area contributed by atoms with Crippen LogP contribution in [-0.4, -0.2) is 22.3 Å². The van der Waals surface area contributed by atoms with E-state index in [-0.39, 0.29) is 5.82 Å². The lowest BCUT2D eigenvalue weighted by Crippen LogP contribution is -1.93. The Kier molecular flexibility index (Phi) is 3.65. The minimum absolute atomic E-state index is 0.313. The molecule has 0 fully saturated rings. The highest BCUT2D eigenvalue weighted by molar-refractivity contribution is 5.88. The normalized spacial score (nSPS) is 11.0. The van der Waals surface area contributed by atoms with Gasteiger partial charge in [0, 0.05) is 10.9 Å². The number of rotatable bonds is 3. The van der Waals surface area contributed by atoms with Crippen molar-refractivity contribution in [2.24, 2.45) is 0 Å². The van der Waals surface area contributed by atoms with E-state index >= 15 is 0 Å². The van der Waals surface area contributed by atoms with Crippen LogP contribution >= 0.6 is 0 Å². The monoisotopic (exact) mass is 335 g/mol. The first-order valence-electron chi connectivity index (χ1n) is 7.70. The van der Waals surface area contributed by atoms with Crippen LogP contribution in [0.4, 0.5) is 4.39 Å². The van der Waals surface area contributed by atoms with Gasteiger partial charge in [0.05, 0.1) is 18.4 Å². The van der Waals surface area contributed by atoms with Crippen molar-refractivity contribution in [3.8, 4) is 28.7 Å². The highest BCUT2D eigenvalue weighted by atomic mass is 19.1. The Hall–Kier alpha value is -3.28. The lowest BCUT2D eigenvalue weighted by Gasteiger charge is -2.07. The van der Waals surface area contributed by atoms with E-state index in [4.69, 9.17) is 9.15 Å². The van der Waals surface area contributed by atoms with Crippen molar-refractivity contribution in [1.82, 2.24) is 15.2 Å². The predicted octanol–water partition coefficient (Wildman–Crippen LogP) is 4.41. The first kappa shape index (κ1) is 15.3. The van der Waals surface area contributed by atoms with E-state index in [9.17, 15) is 4.39 Å². The van der Waals surface area contributed by atoms with E-state index in [2.05, 4.69) is 15.2 Å². The smallest absolute Gasteiger partial charge is 0.250 e. The first-order chi connectivity index (χ1) is 12.2. The van der Waals surface area contributed by atoms with E-state index in [0.717, 1.165) is 22.2 Å². The van der Waals surface area contributed by atoms with Gasteiger partial charge in [-0.3, -0.25) is 0 Å². The number of pyridine rings is 1. The number of ether oxygens (including phenoxy) is 1. The molecule has 0 saturated carbocycles. The molecule has 0 bridgehead atoms. The van der Waals surface area contributed by atoms with Gasteiger partial charge in [-0.25, -0.2) is 9.37 Å². The minimum Gasteiger partial charge on any atom is -0.494 e. The molecular weight excluding hydrogens is 321 g/mol. The fraction of sp³-hybridized carbons (Fsp3) is 0.105. The molecule has 0 saturated heterocycles. The number of methoxy groups -OCH3 is 1. The highest BCUT2D eigenvalue weighted by Crippen LogP contribution is 2.31. The van der Waals surface area contributed by atoms with Gasteiger partial charge >= 0.3 is 0 Å². The molecule has 0 atom stereocenters. The molecule has 5 nitrogen and oxygen atoms in total. The summed E-state index contributed by atoms with van der Waals surface area (Å²) in [6.07, 6.45) is 0. The van der Waals surface area contributed by atoms with Crippen molar-refractivity contribution in [1.29, 1.82) is 0 Å². The number of nitrogens with zero attached hydrogens (tertiary/aromatic N) is 3. The Bertz CT molecular complexity index is 1060. The second-order valence-corrected chi connectivity index (χ2v) is 5.57. The number of benzene rings is 2. The molecule has 0 unspecified atom stereocenters. The molecule has 25 heavy (non-hydrogen) atoms. The molecular formula is C19H14FN3O2. The van der Waals surface area contributed by atoms with Crippen LogP contribution in [0.15, 0.2) is 52.9 Å². The van der Waals surface area contributed by atoms with Crippen LogP contribution in [0.2, 0.25) is 0 Å². The molecule has 0 aliphatic carbocycles. The van der Waals surface area contributed by atoms with E-state index < -0.39 is 0 Å². The highest BCUT2D eigenvalue weighted by Gasteiger charge is 2.15. The van der Waals surface area contributed by atoms with Crippen molar-refractivity contribution >= 4 is 10.9 Å². The van der Waals surface area contributed by atoms with Gasteiger partial charge in [-0.05, 0) is 43.3 Å². The lowest BCUT2D eigenvalue weighted by molar-refractivity contribution is 0.419. The predicted molar refractivity (Wildman–Crippen MR) is 91.7 cm³/mol. The third kappa shape index (κ3) is 2.71. The molecule has 0 spiro atoms. The molecule has 2 heterocycles. The number of hydrogen-bond acceptors (Lipinski definition) is 5. The molecule has 0 radical (unpaired) electrons. The lowest BCUT2D eigenvalue weighted by atomic mass is 10.1. The van der Waals surface area contributed by atoms with Crippen molar-refractivity contribution in [2.75, 3.05) is 7.11 Å². The maximum atomic E-state index is 13.1. The summed E-state index contributed by atoms with van der Waals surface area (Å²) < 4.78 is 24.2. The zero-order chi connectivity index (χ0) is 17.4. The Morgan fingerprint density at radius 3 is 2.52 bits per heavy atom. The number of aromatic nitrogens is 3. The quantitative estimate of drug-likeness (QED) is 0.555. The van der Waals surface area contributed by atoms with Crippen LogP contribution in [0, 0.1) is 12.7 Å². The standard InChI is InChI=1S/C19H14FN3O2/c1-11-15(10-13-4-3-5-16(24-2)17(13)21-11)19-23-22-18(25-19)12-6-8-14(20)9-7-12/h3-10H,1-2H3. The topological polar surface area (TPSA) is 61.0 Å². The summed E-state index contributed by atoms with van der Waals surface area (Å²) in [5.74, 6) is 1.10. The number of para-hydroxylation sites is 1. The van der Waals surface area contributed by atoms with Crippen molar-refractivity contribution in [3.63, 3.8) is 0 Å². The molecule has 124 valence electrons. The summed E-state index contributed by atoms with van der Waals surface area (Å²) in [4.78, 5) is 4.61. The summed E-state index contributed by atoms with van der Waals surface area (Å²) in [5, 5.41) is 9.09. The maximum absolute atomic E-state index is 13.1. The van der Waals surface area contributed by atoms with E-state index in [0.29, 0.717) is 23.1 Å². The van der Waals surface area contributed by atoms with Crippen LogP contribution in [0.3, 0.4) is 0 Å². The van der Waals surface area contributed by atoms with Gasteiger partial charge in [0.25, 0.3) is 0 Å². The third-order valence-corrected chi connectivity index (χ3v) is 3.97. The van der Waals surface area contributed by atoms with Crippen LogP contribution in [0.25, 0.3) is 33.8 Å². The van der Waals surface area contributed by atoms with Crippen LogP contribution in [0.5, 0.6) is 5.75 Å². The molecule has 2 aromatic heterocycles. The second-order valence-electron chi connectivity index (χ2n) is 5.57. The molecule has 0 amide bonds. The van der Waals surface area contributed by atoms with Crippen molar-refractivity contribution < 1.29 is 13.5 Å². The summed E-state index contributed by atoms with van der Waals surface area (Å²) in [6.45, 7) is 1.88. The van der Waals surface area contributed by atoms with Gasteiger partial charge in [-0.15, -0.1) is 10.2 Å².